The number of carbonyl (C=O) groups excluding carboxylic acids is 1. The third-order valence-corrected chi connectivity index (χ3v) is 3.42. The van der Waals surface area contributed by atoms with Crippen molar-refractivity contribution in [2.45, 2.75) is 32.2 Å². The highest BCUT2D eigenvalue weighted by Crippen LogP contribution is 2.28. The van der Waals surface area contributed by atoms with E-state index >= 15 is 0 Å². The lowest BCUT2D eigenvalue weighted by atomic mass is 10.2. The number of aliphatic carboxylic acids is 1. The molecule has 5 heteroatoms. The normalized spacial score (nSPS) is 13.8. The van der Waals surface area contributed by atoms with Gasteiger partial charge in [0.1, 0.15) is 0 Å². The third kappa shape index (κ3) is 3.50. The van der Waals surface area contributed by atoms with Crippen LogP contribution < -0.4 is 4.90 Å². The fourth-order valence-corrected chi connectivity index (χ4v) is 2.24. The highest BCUT2D eigenvalue weighted by molar-refractivity contribution is 5.92. The van der Waals surface area contributed by atoms with Crippen LogP contribution in [0.1, 0.15) is 26.2 Å². The van der Waals surface area contributed by atoms with Crippen LogP contribution in [-0.2, 0) is 4.79 Å². The van der Waals surface area contributed by atoms with Gasteiger partial charge in [-0.25, -0.2) is 4.79 Å². The summed E-state index contributed by atoms with van der Waals surface area (Å²) in [5, 5.41) is 8.86. The minimum absolute atomic E-state index is 0.0527. The van der Waals surface area contributed by atoms with E-state index in [9.17, 15) is 9.59 Å². The number of benzene rings is 1. The number of carbonyl (C=O) groups is 2. The molecule has 0 bridgehead atoms. The Hall–Kier alpha value is -2.04. The summed E-state index contributed by atoms with van der Waals surface area (Å²) in [5.41, 5.74) is 0.748. The molecule has 20 heavy (non-hydrogen) atoms. The second kappa shape index (κ2) is 6.41. The molecule has 0 saturated heterocycles. The van der Waals surface area contributed by atoms with Gasteiger partial charge in [0.15, 0.2) is 0 Å². The molecule has 0 atom stereocenters. The Morgan fingerprint density at radius 1 is 1.25 bits per heavy atom. The Balaban J connectivity index is 2.16. The van der Waals surface area contributed by atoms with E-state index < -0.39 is 5.97 Å². The average Bonchev–Trinajstić information content (AvgIpc) is 3.25. The minimum Gasteiger partial charge on any atom is -0.481 e. The zero-order valence-electron chi connectivity index (χ0n) is 11.7. The van der Waals surface area contributed by atoms with Crippen LogP contribution in [0, 0.1) is 0 Å². The molecule has 0 radical (unpaired) electrons. The maximum absolute atomic E-state index is 12.6. The molecule has 0 aliphatic heterocycles. The summed E-state index contributed by atoms with van der Waals surface area (Å²) in [5.74, 6) is -0.895. The molecular formula is C15H20N2O3. The second-order valence-corrected chi connectivity index (χ2v) is 4.93. The van der Waals surface area contributed by atoms with Crippen LogP contribution in [0.25, 0.3) is 0 Å². The van der Waals surface area contributed by atoms with E-state index in [0.717, 1.165) is 18.5 Å². The largest absolute Gasteiger partial charge is 0.481 e. The van der Waals surface area contributed by atoms with Crippen molar-refractivity contribution in [1.29, 1.82) is 0 Å². The first-order valence-electron chi connectivity index (χ1n) is 6.98. The maximum atomic E-state index is 12.6. The van der Waals surface area contributed by atoms with Gasteiger partial charge in [0, 0.05) is 24.8 Å². The Labute approximate surface area is 118 Å². The second-order valence-electron chi connectivity index (χ2n) is 4.93. The fourth-order valence-electron chi connectivity index (χ4n) is 2.24. The summed E-state index contributed by atoms with van der Waals surface area (Å²) in [4.78, 5) is 26.8. The molecule has 0 aromatic heterocycles. The monoisotopic (exact) mass is 276 g/mol. The molecule has 108 valence electrons. The number of amides is 2. The molecule has 1 fully saturated rings. The molecule has 0 unspecified atom stereocenters. The number of hydrogen-bond acceptors (Lipinski definition) is 2. The average molecular weight is 276 g/mol. The maximum Gasteiger partial charge on any atom is 0.324 e. The van der Waals surface area contributed by atoms with Gasteiger partial charge in [0.05, 0.1) is 6.42 Å². The summed E-state index contributed by atoms with van der Waals surface area (Å²) in [6.07, 6.45) is 2.03. The van der Waals surface area contributed by atoms with Gasteiger partial charge in [-0.2, -0.15) is 0 Å². The van der Waals surface area contributed by atoms with Gasteiger partial charge in [0.2, 0.25) is 0 Å². The van der Waals surface area contributed by atoms with E-state index in [1.807, 2.05) is 42.2 Å². The van der Waals surface area contributed by atoms with Crippen LogP contribution in [-0.4, -0.2) is 41.1 Å². The van der Waals surface area contributed by atoms with Crippen molar-refractivity contribution in [2.24, 2.45) is 0 Å². The number of hydrogen-bond donors (Lipinski definition) is 1. The standard InChI is InChI=1S/C15H20N2O3/c1-2-16(13-8-9-13)15(20)17(11-10-14(18)19)12-6-4-3-5-7-12/h3-7,13H,2,8-11H2,1H3,(H,18,19). The number of carboxylic acid groups (broad SMARTS) is 1. The molecule has 1 aliphatic rings. The number of rotatable bonds is 6. The van der Waals surface area contributed by atoms with Crippen LogP contribution in [0.3, 0.4) is 0 Å². The van der Waals surface area contributed by atoms with Crippen molar-refractivity contribution in [2.75, 3.05) is 18.0 Å². The summed E-state index contributed by atoms with van der Waals surface area (Å²) in [7, 11) is 0. The first kappa shape index (κ1) is 14.4. The van der Waals surface area contributed by atoms with Gasteiger partial charge in [0.25, 0.3) is 0 Å². The van der Waals surface area contributed by atoms with Crippen molar-refractivity contribution in [3.8, 4) is 0 Å². The lowest BCUT2D eigenvalue weighted by molar-refractivity contribution is -0.136. The Morgan fingerprint density at radius 3 is 2.40 bits per heavy atom. The van der Waals surface area contributed by atoms with E-state index in [2.05, 4.69) is 0 Å². The first-order valence-corrected chi connectivity index (χ1v) is 6.98. The van der Waals surface area contributed by atoms with Gasteiger partial charge in [-0.05, 0) is 31.9 Å². The van der Waals surface area contributed by atoms with Crippen molar-refractivity contribution in [1.82, 2.24) is 4.90 Å². The van der Waals surface area contributed by atoms with Crippen molar-refractivity contribution in [3.63, 3.8) is 0 Å². The molecule has 0 heterocycles. The Morgan fingerprint density at radius 2 is 1.90 bits per heavy atom. The summed E-state index contributed by atoms with van der Waals surface area (Å²) < 4.78 is 0. The smallest absolute Gasteiger partial charge is 0.324 e. The van der Waals surface area contributed by atoms with Gasteiger partial charge in [-0.3, -0.25) is 9.69 Å². The zero-order valence-corrected chi connectivity index (χ0v) is 11.7. The van der Waals surface area contributed by atoms with Crippen LogP contribution in [0.15, 0.2) is 30.3 Å². The lowest BCUT2D eigenvalue weighted by Crippen LogP contribution is -2.45. The quantitative estimate of drug-likeness (QED) is 0.868. The van der Waals surface area contributed by atoms with E-state index in [-0.39, 0.29) is 19.0 Å². The van der Waals surface area contributed by atoms with E-state index in [0.29, 0.717) is 12.6 Å². The molecule has 1 saturated carbocycles. The van der Waals surface area contributed by atoms with Crippen LogP contribution in [0.4, 0.5) is 10.5 Å². The number of urea groups is 1. The highest BCUT2D eigenvalue weighted by atomic mass is 16.4. The van der Waals surface area contributed by atoms with E-state index in [1.54, 1.807) is 4.90 Å². The van der Waals surface area contributed by atoms with E-state index in [4.69, 9.17) is 5.11 Å². The molecule has 1 N–H and O–H groups in total. The third-order valence-electron chi connectivity index (χ3n) is 3.42. The number of nitrogens with zero attached hydrogens (tertiary/aromatic N) is 2. The molecule has 5 nitrogen and oxygen atoms in total. The molecule has 0 spiro atoms. The summed E-state index contributed by atoms with van der Waals surface area (Å²) >= 11 is 0. The van der Waals surface area contributed by atoms with Gasteiger partial charge < -0.3 is 10.0 Å². The Kier molecular flexibility index (Phi) is 4.61. The van der Waals surface area contributed by atoms with Crippen molar-refractivity contribution >= 4 is 17.7 Å². The number of carboxylic acids is 1. The molecule has 1 aliphatic carbocycles. The minimum atomic E-state index is -0.895. The predicted molar refractivity (Wildman–Crippen MR) is 76.8 cm³/mol. The van der Waals surface area contributed by atoms with Gasteiger partial charge in [-0.15, -0.1) is 0 Å². The van der Waals surface area contributed by atoms with Crippen molar-refractivity contribution < 1.29 is 14.7 Å². The molecule has 2 amide bonds. The van der Waals surface area contributed by atoms with E-state index in [1.165, 1.54) is 0 Å². The SMILES string of the molecule is CCN(C(=O)N(CCC(=O)O)c1ccccc1)C1CC1. The van der Waals surface area contributed by atoms with Crippen LogP contribution in [0.2, 0.25) is 0 Å². The lowest BCUT2D eigenvalue weighted by Gasteiger charge is -2.30. The molecular weight excluding hydrogens is 256 g/mol. The zero-order chi connectivity index (χ0) is 14.5. The molecule has 1 aromatic rings. The Bertz CT molecular complexity index is 471. The summed E-state index contributed by atoms with van der Waals surface area (Å²) in [6, 6.07) is 9.47. The topological polar surface area (TPSA) is 60.9 Å². The molecule has 1 aromatic carbocycles. The first-order chi connectivity index (χ1) is 9.63. The fraction of sp³-hybridized carbons (Fsp3) is 0.467. The number of para-hydroxylation sites is 1. The predicted octanol–water partition coefficient (Wildman–Crippen LogP) is 2.57. The van der Waals surface area contributed by atoms with Gasteiger partial charge in [-0.1, -0.05) is 18.2 Å². The van der Waals surface area contributed by atoms with Crippen LogP contribution >= 0.6 is 0 Å². The molecule has 2 rings (SSSR count). The van der Waals surface area contributed by atoms with Crippen LogP contribution in [0.5, 0.6) is 0 Å². The van der Waals surface area contributed by atoms with Crippen molar-refractivity contribution in [3.05, 3.63) is 30.3 Å². The highest BCUT2D eigenvalue weighted by Gasteiger charge is 2.34. The summed E-state index contributed by atoms with van der Waals surface area (Å²) in [6.45, 7) is 2.80. The number of anilines is 1. The van der Waals surface area contributed by atoms with Gasteiger partial charge >= 0.3 is 12.0 Å².